The van der Waals surface area contributed by atoms with Gasteiger partial charge in [-0.25, -0.2) is 14.6 Å². The zero-order chi connectivity index (χ0) is 37.5. The van der Waals surface area contributed by atoms with Gasteiger partial charge in [-0.1, -0.05) is 60.7 Å². The summed E-state index contributed by atoms with van der Waals surface area (Å²) in [5.74, 6) is -1.95. The van der Waals surface area contributed by atoms with Crippen molar-refractivity contribution in [2.45, 2.75) is 26.0 Å². The fourth-order valence-corrected chi connectivity index (χ4v) is 7.11. The maximum absolute atomic E-state index is 13.8. The van der Waals surface area contributed by atoms with Crippen LogP contribution in [0.1, 0.15) is 43.2 Å². The van der Waals surface area contributed by atoms with Crippen LogP contribution < -0.4 is 16.5 Å². The Hall–Kier alpha value is -7.11. The van der Waals surface area contributed by atoms with Gasteiger partial charge in [0.2, 0.25) is 0 Å². The second-order valence-corrected chi connectivity index (χ2v) is 12.9. The van der Waals surface area contributed by atoms with E-state index in [1.165, 1.54) is 18.2 Å². The number of fused-ring (bicyclic) bond motifs is 4. The van der Waals surface area contributed by atoms with Crippen molar-refractivity contribution in [3.05, 3.63) is 153 Å². The third-order valence-corrected chi connectivity index (χ3v) is 9.75. The Bertz CT molecular complexity index is 2830. The van der Waals surface area contributed by atoms with Gasteiger partial charge in [-0.05, 0) is 72.5 Å². The number of hydrogen-bond donors (Lipinski definition) is 5. The van der Waals surface area contributed by atoms with Gasteiger partial charge in [0.25, 0.3) is 0 Å². The van der Waals surface area contributed by atoms with Crippen molar-refractivity contribution in [2.75, 3.05) is 11.1 Å². The van der Waals surface area contributed by atoms with Crippen LogP contribution in [0.3, 0.4) is 0 Å². The van der Waals surface area contributed by atoms with Crippen LogP contribution in [0, 0.1) is 0 Å². The number of para-hydroxylation sites is 2. The largest absolute Gasteiger partial charge is 0.478 e. The second-order valence-electron chi connectivity index (χ2n) is 12.9. The predicted octanol–water partition coefficient (Wildman–Crippen LogP) is 7.53. The topological polar surface area (TPSA) is 189 Å². The molecule has 6 N–H and O–H groups in total. The van der Waals surface area contributed by atoms with E-state index in [0.717, 1.165) is 21.9 Å². The predicted molar refractivity (Wildman–Crippen MR) is 207 cm³/mol. The molecule has 1 aliphatic heterocycles. The summed E-state index contributed by atoms with van der Waals surface area (Å²) in [6, 6.07) is 31.4. The summed E-state index contributed by atoms with van der Waals surface area (Å²) in [6.45, 7) is -0.0802. The number of pyridine rings is 2. The van der Waals surface area contributed by atoms with Crippen molar-refractivity contribution < 1.29 is 29.3 Å². The first-order chi connectivity index (χ1) is 26.2. The summed E-state index contributed by atoms with van der Waals surface area (Å²) in [7, 11) is 0. The van der Waals surface area contributed by atoms with Crippen molar-refractivity contribution in [1.29, 1.82) is 0 Å². The highest BCUT2D eigenvalue weighted by molar-refractivity contribution is 6.09. The Morgan fingerprint density at radius 2 is 1.50 bits per heavy atom. The SMILES string of the molecule is Nc1ccc2c(-c3ccccc3C(=O)O)c3ccc(=O)c(CCc4cccc5ccc(CO)nc45)c-3oc2c1CNc1cccc2ccc(C(=O)O)nc12. The minimum Gasteiger partial charge on any atom is -0.478 e. The molecule has 2 aromatic heterocycles. The van der Waals surface area contributed by atoms with Crippen LogP contribution >= 0.6 is 0 Å². The average Bonchev–Trinajstić information content (AvgIpc) is 3.18. The van der Waals surface area contributed by atoms with Crippen molar-refractivity contribution in [2.24, 2.45) is 0 Å². The number of benzene rings is 5. The van der Waals surface area contributed by atoms with Crippen LogP contribution in [0.15, 0.2) is 118 Å². The molecule has 1 aliphatic carbocycles. The minimum absolute atomic E-state index is 0.0770. The van der Waals surface area contributed by atoms with Gasteiger partial charge in [-0.15, -0.1) is 0 Å². The van der Waals surface area contributed by atoms with Crippen LogP contribution in [0.25, 0.3) is 55.2 Å². The number of anilines is 2. The van der Waals surface area contributed by atoms with Gasteiger partial charge in [0, 0.05) is 50.6 Å². The number of aromatic carboxylic acids is 2. The molecule has 2 aliphatic rings. The standard InChI is InChI=1S/C43H32N4O7/c44-33-18-16-30-37(27-8-1-2-9-28(27)42(50)51)31-17-20-36(49)29(15-12-24-6-3-5-23-11-14-26(22-48)46-38(23)24)40(31)54-41(30)32(33)21-45-34-10-4-7-25-13-19-35(43(52)53)47-39(25)34/h1-11,13-14,16-20,45,48H,12,15,21-22,44H2,(H,50,51)(H,52,53). The molecule has 0 atom stereocenters. The van der Waals surface area contributed by atoms with Gasteiger partial charge in [0.1, 0.15) is 17.0 Å². The number of aromatic nitrogens is 2. The summed E-state index contributed by atoms with van der Waals surface area (Å²) < 4.78 is 6.76. The van der Waals surface area contributed by atoms with Crippen LogP contribution in [-0.4, -0.2) is 37.2 Å². The molecule has 0 saturated carbocycles. The summed E-state index contributed by atoms with van der Waals surface area (Å²) in [5.41, 5.74) is 12.8. The summed E-state index contributed by atoms with van der Waals surface area (Å²) >= 11 is 0. The summed E-state index contributed by atoms with van der Waals surface area (Å²) in [4.78, 5) is 47.1. The molecule has 4 aromatic carbocycles. The number of nitrogens with zero attached hydrogens (tertiary/aromatic N) is 2. The first-order valence-corrected chi connectivity index (χ1v) is 17.2. The fraction of sp³-hybridized carbons (Fsp3) is 0.0930. The Labute approximate surface area is 307 Å². The minimum atomic E-state index is -1.15. The molecule has 0 spiro atoms. The molecule has 11 nitrogen and oxygen atoms in total. The third-order valence-electron chi connectivity index (χ3n) is 9.75. The van der Waals surface area contributed by atoms with Gasteiger partial charge in [0.05, 0.1) is 34.6 Å². The smallest absolute Gasteiger partial charge is 0.354 e. The number of hydrogen-bond acceptors (Lipinski definition) is 9. The zero-order valence-corrected chi connectivity index (χ0v) is 28.7. The molecule has 3 heterocycles. The lowest BCUT2D eigenvalue weighted by Crippen LogP contribution is -2.13. The number of carboxylic acids is 2. The molecule has 266 valence electrons. The number of aliphatic hydroxyl groups is 1. The molecule has 8 rings (SSSR count). The molecule has 0 unspecified atom stereocenters. The number of carboxylic acid groups (broad SMARTS) is 2. The summed E-state index contributed by atoms with van der Waals surface area (Å²) in [5, 5.41) is 35.2. The van der Waals surface area contributed by atoms with E-state index in [2.05, 4.69) is 15.3 Å². The second kappa shape index (κ2) is 13.8. The van der Waals surface area contributed by atoms with E-state index >= 15 is 0 Å². The van der Waals surface area contributed by atoms with E-state index in [9.17, 15) is 29.7 Å². The van der Waals surface area contributed by atoms with Crippen molar-refractivity contribution in [3.8, 4) is 22.5 Å². The number of rotatable bonds is 10. The fourth-order valence-electron chi connectivity index (χ4n) is 7.11. The van der Waals surface area contributed by atoms with Crippen LogP contribution in [-0.2, 0) is 26.0 Å². The number of nitrogens with two attached hydrogens (primary N) is 1. The van der Waals surface area contributed by atoms with Gasteiger partial charge in [0.15, 0.2) is 5.43 Å². The average molecular weight is 717 g/mol. The van der Waals surface area contributed by atoms with Gasteiger partial charge >= 0.3 is 11.9 Å². The molecule has 6 aromatic rings. The van der Waals surface area contributed by atoms with Crippen LogP contribution in [0.2, 0.25) is 0 Å². The number of aryl methyl sites for hydroxylation is 1. The molecule has 0 amide bonds. The number of nitrogens with one attached hydrogen (secondary N) is 1. The lowest BCUT2D eigenvalue weighted by Gasteiger charge is -2.21. The monoisotopic (exact) mass is 716 g/mol. The van der Waals surface area contributed by atoms with E-state index in [1.807, 2.05) is 36.4 Å². The molecular weight excluding hydrogens is 684 g/mol. The van der Waals surface area contributed by atoms with Gasteiger partial charge < -0.3 is 30.8 Å². The van der Waals surface area contributed by atoms with E-state index in [1.54, 1.807) is 54.6 Å². The van der Waals surface area contributed by atoms with Gasteiger partial charge in [-0.3, -0.25) is 9.78 Å². The number of aliphatic hydroxyl groups excluding tert-OH is 1. The van der Waals surface area contributed by atoms with E-state index < -0.39 is 11.9 Å². The third kappa shape index (κ3) is 6.02. The summed E-state index contributed by atoms with van der Waals surface area (Å²) in [6.07, 6.45) is 0.707. The molecule has 54 heavy (non-hydrogen) atoms. The van der Waals surface area contributed by atoms with Crippen molar-refractivity contribution >= 4 is 56.1 Å². The molecule has 0 radical (unpaired) electrons. The van der Waals surface area contributed by atoms with E-state index in [4.69, 9.17) is 10.2 Å². The van der Waals surface area contributed by atoms with Crippen LogP contribution in [0.5, 0.6) is 0 Å². The lowest BCUT2D eigenvalue weighted by atomic mass is 9.87. The van der Waals surface area contributed by atoms with Crippen LogP contribution in [0.4, 0.5) is 11.4 Å². The lowest BCUT2D eigenvalue weighted by molar-refractivity contribution is 0.0683. The number of carbonyl (C=O) groups is 2. The van der Waals surface area contributed by atoms with E-state index in [0.29, 0.717) is 73.6 Å². The Morgan fingerprint density at radius 1 is 0.722 bits per heavy atom. The van der Waals surface area contributed by atoms with Crippen molar-refractivity contribution in [3.63, 3.8) is 0 Å². The quantitative estimate of drug-likeness (QED) is 0.0695. The highest BCUT2D eigenvalue weighted by atomic mass is 16.4. The molecule has 0 fully saturated rings. The van der Waals surface area contributed by atoms with Gasteiger partial charge in [-0.2, -0.15) is 0 Å². The highest BCUT2D eigenvalue weighted by Gasteiger charge is 2.26. The molecule has 0 saturated heterocycles. The Morgan fingerprint density at radius 3 is 2.30 bits per heavy atom. The van der Waals surface area contributed by atoms with E-state index in [-0.39, 0.29) is 36.3 Å². The first-order valence-electron chi connectivity index (χ1n) is 17.2. The molecule has 0 bridgehead atoms. The maximum atomic E-state index is 13.8. The first kappa shape index (κ1) is 34.0. The zero-order valence-electron chi connectivity index (χ0n) is 28.7. The number of nitrogen functional groups attached to an aromatic ring is 1. The molecular formula is C43H32N4O7. The Kier molecular flexibility index (Phi) is 8.68. The Balaban J connectivity index is 1.31. The normalized spacial score (nSPS) is 11.4. The highest BCUT2D eigenvalue weighted by Crippen LogP contribution is 2.44. The van der Waals surface area contributed by atoms with Crippen molar-refractivity contribution in [1.82, 2.24) is 9.97 Å². The maximum Gasteiger partial charge on any atom is 0.354 e. The molecule has 11 heteroatoms.